The van der Waals surface area contributed by atoms with Gasteiger partial charge in [-0.1, -0.05) is 19.0 Å². The van der Waals surface area contributed by atoms with Crippen LogP contribution in [0.2, 0.25) is 0 Å². The zero-order valence-corrected chi connectivity index (χ0v) is 13.1. The van der Waals surface area contributed by atoms with Gasteiger partial charge in [0.25, 0.3) is 0 Å². The predicted molar refractivity (Wildman–Crippen MR) is 81.0 cm³/mol. The molecule has 3 rings (SSSR count). The van der Waals surface area contributed by atoms with Crippen LogP contribution in [-0.2, 0) is 5.41 Å². The minimum Gasteiger partial charge on any atom is -0.338 e. The summed E-state index contributed by atoms with van der Waals surface area (Å²) in [4.78, 5) is 9.08. The van der Waals surface area contributed by atoms with Crippen LogP contribution >= 0.6 is 0 Å². The lowest BCUT2D eigenvalue weighted by atomic mass is 9.76. The highest BCUT2D eigenvalue weighted by atomic mass is 16.5. The van der Waals surface area contributed by atoms with Gasteiger partial charge in [-0.25, -0.2) is 0 Å². The fourth-order valence-electron chi connectivity index (χ4n) is 3.14. The molecule has 0 aromatic carbocycles. The highest BCUT2D eigenvalue weighted by Crippen LogP contribution is 2.37. The molecule has 0 bridgehead atoms. The molecule has 1 fully saturated rings. The molecular weight excluding hydrogens is 264 g/mol. The van der Waals surface area contributed by atoms with Crippen molar-refractivity contribution in [2.24, 2.45) is 5.92 Å². The first kappa shape index (κ1) is 14.2. The Balaban J connectivity index is 1.99. The molecule has 1 atom stereocenters. The van der Waals surface area contributed by atoms with Gasteiger partial charge in [0, 0.05) is 23.5 Å². The topological polar surface area (TPSA) is 63.8 Å². The minimum atomic E-state index is -0.0393. The Morgan fingerprint density at radius 3 is 2.48 bits per heavy atom. The zero-order chi connectivity index (χ0) is 15.0. The van der Waals surface area contributed by atoms with E-state index in [4.69, 9.17) is 9.51 Å². The second-order valence-corrected chi connectivity index (χ2v) is 6.30. The quantitative estimate of drug-likeness (QED) is 0.939. The maximum atomic E-state index is 5.63. The lowest BCUT2D eigenvalue weighted by Crippen LogP contribution is -2.35. The standard InChI is InChI=1S/C16H22N4O/c1-10(2)16(5-6-17-9-16)15-19-14(20-21-15)13-7-11(3)18-12(4)8-13/h7-8,10,17H,5-6,9H2,1-4H3. The van der Waals surface area contributed by atoms with E-state index in [0.29, 0.717) is 11.7 Å². The predicted octanol–water partition coefficient (Wildman–Crippen LogP) is 2.64. The van der Waals surface area contributed by atoms with Crippen LogP contribution in [0, 0.1) is 19.8 Å². The molecule has 0 amide bonds. The van der Waals surface area contributed by atoms with Crippen LogP contribution in [0.1, 0.15) is 37.5 Å². The average Bonchev–Trinajstić information content (AvgIpc) is 3.07. The Hall–Kier alpha value is -1.75. The molecular formula is C16H22N4O. The van der Waals surface area contributed by atoms with Crippen LogP contribution in [0.15, 0.2) is 16.7 Å². The van der Waals surface area contributed by atoms with Gasteiger partial charge in [-0.05, 0) is 44.9 Å². The molecule has 1 N–H and O–H groups in total. The van der Waals surface area contributed by atoms with E-state index < -0.39 is 0 Å². The summed E-state index contributed by atoms with van der Waals surface area (Å²) in [6.07, 6.45) is 1.04. The van der Waals surface area contributed by atoms with Crippen molar-refractivity contribution < 1.29 is 4.52 Å². The lowest BCUT2D eigenvalue weighted by molar-refractivity contribution is 0.234. The SMILES string of the molecule is Cc1cc(-c2noc(C3(C(C)C)CCNC3)n2)cc(C)n1. The van der Waals surface area contributed by atoms with Crippen LogP contribution < -0.4 is 5.32 Å². The fourth-order valence-corrected chi connectivity index (χ4v) is 3.14. The first-order valence-electron chi connectivity index (χ1n) is 7.52. The summed E-state index contributed by atoms with van der Waals surface area (Å²) in [7, 11) is 0. The maximum Gasteiger partial charge on any atom is 0.234 e. The summed E-state index contributed by atoms with van der Waals surface area (Å²) in [6.45, 7) is 10.3. The van der Waals surface area contributed by atoms with Gasteiger partial charge >= 0.3 is 0 Å². The van der Waals surface area contributed by atoms with E-state index in [2.05, 4.69) is 29.3 Å². The molecule has 3 heterocycles. The molecule has 2 aromatic heterocycles. The number of aryl methyl sites for hydroxylation is 2. The molecule has 5 heteroatoms. The number of hydrogen-bond acceptors (Lipinski definition) is 5. The minimum absolute atomic E-state index is 0.0393. The number of nitrogens with zero attached hydrogens (tertiary/aromatic N) is 3. The third-order valence-electron chi connectivity index (χ3n) is 4.49. The first-order valence-corrected chi connectivity index (χ1v) is 7.52. The molecule has 1 aliphatic rings. The van der Waals surface area contributed by atoms with Crippen LogP contribution in [0.3, 0.4) is 0 Å². The normalized spacial score (nSPS) is 22.1. The van der Waals surface area contributed by atoms with Crippen LogP contribution in [0.5, 0.6) is 0 Å². The summed E-state index contributed by atoms with van der Waals surface area (Å²) < 4.78 is 5.63. The third-order valence-corrected chi connectivity index (χ3v) is 4.49. The van der Waals surface area contributed by atoms with Gasteiger partial charge in [0.1, 0.15) is 0 Å². The van der Waals surface area contributed by atoms with Crippen molar-refractivity contribution >= 4 is 0 Å². The monoisotopic (exact) mass is 286 g/mol. The van der Waals surface area contributed by atoms with Crippen molar-refractivity contribution in [3.8, 4) is 11.4 Å². The Bertz CT molecular complexity index is 621. The van der Waals surface area contributed by atoms with Crippen molar-refractivity contribution in [3.63, 3.8) is 0 Å². The molecule has 1 unspecified atom stereocenters. The van der Waals surface area contributed by atoms with Crippen LogP contribution in [0.25, 0.3) is 11.4 Å². The summed E-state index contributed by atoms with van der Waals surface area (Å²) in [6, 6.07) is 3.99. The summed E-state index contributed by atoms with van der Waals surface area (Å²) in [5.74, 6) is 1.87. The largest absolute Gasteiger partial charge is 0.338 e. The number of rotatable bonds is 3. The van der Waals surface area contributed by atoms with Crippen molar-refractivity contribution in [1.29, 1.82) is 0 Å². The Kier molecular flexibility index (Phi) is 3.53. The van der Waals surface area contributed by atoms with E-state index in [0.717, 1.165) is 42.4 Å². The molecule has 1 saturated heterocycles. The van der Waals surface area contributed by atoms with E-state index in [9.17, 15) is 0 Å². The van der Waals surface area contributed by atoms with Gasteiger partial charge in [0.2, 0.25) is 11.7 Å². The summed E-state index contributed by atoms with van der Waals surface area (Å²) in [5, 5.41) is 7.62. The van der Waals surface area contributed by atoms with E-state index in [1.807, 2.05) is 26.0 Å². The van der Waals surface area contributed by atoms with Gasteiger partial charge in [0.05, 0.1) is 5.41 Å². The number of pyridine rings is 1. The number of nitrogens with one attached hydrogen (secondary N) is 1. The summed E-state index contributed by atoms with van der Waals surface area (Å²) >= 11 is 0. The van der Waals surface area contributed by atoms with Crippen molar-refractivity contribution in [1.82, 2.24) is 20.4 Å². The number of aromatic nitrogens is 3. The zero-order valence-electron chi connectivity index (χ0n) is 13.1. The highest BCUT2D eigenvalue weighted by molar-refractivity contribution is 5.55. The van der Waals surface area contributed by atoms with E-state index in [1.54, 1.807) is 0 Å². The first-order chi connectivity index (χ1) is 10.0. The lowest BCUT2D eigenvalue weighted by Gasteiger charge is -2.28. The third kappa shape index (κ3) is 2.46. The van der Waals surface area contributed by atoms with Gasteiger partial charge in [0.15, 0.2) is 0 Å². The van der Waals surface area contributed by atoms with E-state index >= 15 is 0 Å². The smallest absolute Gasteiger partial charge is 0.234 e. The second-order valence-electron chi connectivity index (χ2n) is 6.30. The van der Waals surface area contributed by atoms with Crippen molar-refractivity contribution in [3.05, 3.63) is 29.4 Å². The molecule has 112 valence electrons. The van der Waals surface area contributed by atoms with Crippen molar-refractivity contribution in [2.75, 3.05) is 13.1 Å². The van der Waals surface area contributed by atoms with Gasteiger partial charge in [-0.15, -0.1) is 0 Å². The van der Waals surface area contributed by atoms with Gasteiger partial charge in [-0.2, -0.15) is 4.98 Å². The Morgan fingerprint density at radius 2 is 1.90 bits per heavy atom. The maximum absolute atomic E-state index is 5.63. The molecule has 21 heavy (non-hydrogen) atoms. The fraction of sp³-hybridized carbons (Fsp3) is 0.562. The Morgan fingerprint density at radius 1 is 1.19 bits per heavy atom. The molecule has 1 aliphatic heterocycles. The van der Waals surface area contributed by atoms with Crippen LogP contribution in [0.4, 0.5) is 0 Å². The molecule has 5 nitrogen and oxygen atoms in total. The molecule has 0 aliphatic carbocycles. The van der Waals surface area contributed by atoms with Gasteiger partial charge < -0.3 is 9.84 Å². The molecule has 0 saturated carbocycles. The highest BCUT2D eigenvalue weighted by Gasteiger charge is 2.43. The van der Waals surface area contributed by atoms with Crippen molar-refractivity contribution in [2.45, 2.75) is 39.5 Å². The summed E-state index contributed by atoms with van der Waals surface area (Å²) in [5.41, 5.74) is 2.87. The van der Waals surface area contributed by atoms with Crippen LogP contribution in [-0.4, -0.2) is 28.2 Å². The molecule has 0 radical (unpaired) electrons. The van der Waals surface area contributed by atoms with E-state index in [-0.39, 0.29) is 5.41 Å². The molecule has 2 aromatic rings. The average molecular weight is 286 g/mol. The van der Waals surface area contributed by atoms with Gasteiger partial charge in [-0.3, -0.25) is 4.98 Å². The van der Waals surface area contributed by atoms with E-state index in [1.165, 1.54) is 0 Å². The second kappa shape index (κ2) is 5.22. The molecule has 0 spiro atoms. The Labute approximate surface area is 125 Å². The number of hydrogen-bond donors (Lipinski definition) is 1.